The van der Waals surface area contributed by atoms with Gasteiger partial charge in [0.05, 0.1) is 10.5 Å². The Labute approximate surface area is 149 Å². The number of aromatic nitrogens is 1. The zero-order valence-electron chi connectivity index (χ0n) is 12.7. The fraction of sp³-hybridized carbons (Fsp3) is 0.200. The van der Waals surface area contributed by atoms with Crippen molar-refractivity contribution in [3.05, 3.63) is 57.4 Å². The van der Waals surface area contributed by atoms with Gasteiger partial charge in [0.1, 0.15) is 0 Å². The molecular weight excluding hydrogens is 429 g/mol. The zero-order chi connectivity index (χ0) is 17.0. The minimum Gasteiger partial charge on any atom is -0.348 e. The first-order valence-corrected chi connectivity index (χ1v) is 9.23. The highest BCUT2D eigenvalue weighted by molar-refractivity contribution is 14.1. The molecule has 8 heteroatoms. The summed E-state index contributed by atoms with van der Waals surface area (Å²) < 4.78 is 26.2. The van der Waals surface area contributed by atoms with Gasteiger partial charge in [-0.15, -0.1) is 0 Å². The number of hydrogen-bond acceptors (Lipinski definition) is 4. The third kappa shape index (κ3) is 4.27. The molecule has 0 aliphatic carbocycles. The lowest BCUT2D eigenvalue weighted by molar-refractivity contribution is 0.0950. The molecule has 6 nitrogen and oxygen atoms in total. The Morgan fingerprint density at radius 3 is 2.48 bits per heavy atom. The van der Waals surface area contributed by atoms with Gasteiger partial charge < -0.3 is 5.32 Å². The molecule has 0 aliphatic heterocycles. The molecule has 0 unspecified atom stereocenters. The zero-order valence-corrected chi connectivity index (χ0v) is 15.6. The van der Waals surface area contributed by atoms with Crippen LogP contribution in [0.1, 0.15) is 15.9 Å². The van der Waals surface area contributed by atoms with Gasteiger partial charge in [0.25, 0.3) is 5.91 Å². The van der Waals surface area contributed by atoms with Crippen molar-refractivity contribution in [2.45, 2.75) is 11.4 Å². The summed E-state index contributed by atoms with van der Waals surface area (Å²) in [5, 5.41) is 2.78. The van der Waals surface area contributed by atoms with Crippen molar-refractivity contribution < 1.29 is 13.2 Å². The van der Waals surface area contributed by atoms with Crippen LogP contribution in [0.2, 0.25) is 0 Å². The molecule has 0 aliphatic rings. The Bertz CT molecular complexity index is 808. The number of sulfonamides is 1. The smallest absolute Gasteiger partial charge is 0.252 e. The minimum absolute atomic E-state index is 0.0944. The van der Waals surface area contributed by atoms with Gasteiger partial charge in [-0.1, -0.05) is 0 Å². The van der Waals surface area contributed by atoms with Crippen LogP contribution in [0.3, 0.4) is 0 Å². The van der Waals surface area contributed by atoms with E-state index in [1.807, 2.05) is 22.6 Å². The van der Waals surface area contributed by atoms with Crippen LogP contribution < -0.4 is 5.32 Å². The van der Waals surface area contributed by atoms with E-state index >= 15 is 0 Å². The molecule has 1 aromatic heterocycles. The van der Waals surface area contributed by atoms with E-state index in [0.29, 0.717) is 15.7 Å². The molecule has 1 N–H and O–H groups in total. The number of halogens is 1. The first kappa shape index (κ1) is 17.8. The molecule has 0 atom stereocenters. The number of carbonyl (C=O) groups is 1. The fourth-order valence-corrected chi connectivity index (χ4v) is 3.34. The summed E-state index contributed by atoms with van der Waals surface area (Å²) in [5.74, 6) is -0.318. The quantitative estimate of drug-likeness (QED) is 0.713. The van der Waals surface area contributed by atoms with Gasteiger partial charge in [0, 0.05) is 36.6 Å². The lowest BCUT2D eigenvalue weighted by atomic mass is 10.2. The predicted molar refractivity (Wildman–Crippen MR) is 95.4 cm³/mol. The Hall–Kier alpha value is -1.52. The average Bonchev–Trinajstić information content (AvgIpc) is 2.53. The molecule has 0 saturated carbocycles. The van der Waals surface area contributed by atoms with Crippen LogP contribution in [-0.4, -0.2) is 37.7 Å². The summed E-state index contributed by atoms with van der Waals surface area (Å²) in [6, 6.07) is 8.13. The van der Waals surface area contributed by atoms with Crippen LogP contribution in [0.4, 0.5) is 0 Å². The van der Waals surface area contributed by atoms with Crippen molar-refractivity contribution >= 4 is 38.5 Å². The summed E-state index contributed by atoms with van der Waals surface area (Å²) in [6.07, 6.45) is 3.30. The van der Waals surface area contributed by atoms with Crippen molar-refractivity contribution in [1.82, 2.24) is 14.6 Å². The molecular formula is C15H16IN3O3S. The number of benzene rings is 1. The maximum atomic E-state index is 12.3. The van der Waals surface area contributed by atoms with Crippen LogP contribution in [0.15, 0.2) is 47.6 Å². The number of nitrogens with zero attached hydrogens (tertiary/aromatic N) is 2. The van der Waals surface area contributed by atoms with E-state index in [9.17, 15) is 13.2 Å². The molecule has 0 fully saturated rings. The predicted octanol–water partition coefficient (Wildman–Crippen LogP) is 1.87. The number of pyridine rings is 1. The monoisotopic (exact) mass is 445 g/mol. The molecule has 122 valence electrons. The Balaban J connectivity index is 2.23. The number of rotatable bonds is 5. The van der Waals surface area contributed by atoms with Gasteiger partial charge in [0.2, 0.25) is 10.0 Å². The number of nitrogens with one attached hydrogen (secondary N) is 1. The van der Waals surface area contributed by atoms with Crippen LogP contribution in [0.5, 0.6) is 0 Å². The first-order chi connectivity index (χ1) is 10.8. The van der Waals surface area contributed by atoms with E-state index in [-0.39, 0.29) is 10.8 Å². The second-order valence-corrected chi connectivity index (χ2v) is 8.28. The van der Waals surface area contributed by atoms with Gasteiger partial charge in [-0.2, -0.15) is 0 Å². The van der Waals surface area contributed by atoms with Gasteiger partial charge in [-0.25, -0.2) is 12.7 Å². The molecule has 1 amide bonds. The van der Waals surface area contributed by atoms with Gasteiger partial charge in [-0.3, -0.25) is 9.78 Å². The van der Waals surface area contributed by atoms with Crippen molar-refractivity contribution in [3.8, 4) is 0 Å². The summed E-state index contributed by atoms with van der Waals surface area (Å²) in [5.41, 5.74) is 1.25. The average molecular weight is 445 g/mol. The second kappa shape index (κ2) is 7.37. The van der Waals surface area contributed by atoms with E-state index in [1.54, 1.807) is 30.6 Å². The van der Waals surface area contributed by atoms with Crippen molar-refractivity contribution in [2.24, 2.45) is 0 Å². The third-order valence-electron chi connectivity index (χ3n) is 3.16. The molecule has 0 saturated heterocycles. The maximum Gasteiger partial charge on any atom is 0.252 e. The summed E-state index contributed by atoms with van der Waals surface area (Å²) in [6.45, 7) is 0.349. The highest BCUT2D eigenvalue weighted by atomic mass is 127. The minimum atomic E-state index is -3.58. The molecule has 2 aromatic rings. The normalized spacial score (nSPS) is 11.5. The Morgan fingerprint density at radius 2 is 1.87 bits per heavy atom. The molecule has 0 bridgehead atoms. The number of amides is 1. The summed E-state index contributed by atoms with van der Waals surface area (Å²) >= 11 is 2.01. The number of hydrogen-bond donors (Lipinski definition) is 1. The summed E-state index contributed by atoms with van der Waals surface area (Å²) in [7, 11) is -0.665. The van der Waals surface area contributed by atoms with Crippen LogP contribution in [-0.2, 0) is 16.6 Å². The van der Waals surface area contributed by atoms with Crippen LogP contribution in [0, 0.1) is 3.57 Å². The van der Waals surface area contributed by atoms with E-state index in [4.69, 9.17) is 0 Å². The Morgan fingerprint density at radius 1 is 1.22 bits per heavy atom. The summed E-state index contributed by atoms with van der Waals surface area (Å²) in [4.78, 5) is 16.4. The first-order valence-electron chi connectivity index (χ1n) is 6.71. The molecule has 0 spiro atoms. The topological polar surface area (TPSA) is 79.4 Å². The van der Waals surface area contributed by atoms with Crippen molar-refractivity contribution in [2.75, 3.05) is 14.1 Å². The van der Waals surface area contributed by atoms with Gasteiger partial charge in [0.15, 0.2) is 0 Å². The fourth-order valence-electron chi connectivity index (χ4n) is 1.83. The molecule has 2 rings (SSSR count). The van der Waals surface area contributed by atoms with E-state index in [0.717, 1.165) is 9.87 Å². The molecule has 1 heterocycles. The largest absolute Gasteiger partial charge is 0.348 e. The van der Waals surface area contributed by atoms with Crippen molar-refractivity contribution in [3.63, 3.8) is 0 Å². The Kier molecular flexibility index (Phi) is 5.71. The van der Waals surface area contributed by atoms with Crippen molar-refractivity contribution in [1.29, 1.82) is 0 Å². The third-order valence-corrected chi connectivity index (χ3v) is 5.92. The lowest BCUT2D eigenvalue weighted by Crippen LogP contribution is -2.25. The van der Waals surface area contributed by atoms with E-state index in [1.165, 1.54) is 26.2 Å². The van der Waals surface area contributed by atoms with Crippen LogP contribution in [0.25, 0.3) is 0 Å². The van der Waals surface area contributed by atoms with E-state index in [2.05, 4.69) is 10.3 Å². The molecule has 23 heavy (non-hydrogen) atoms. The van der Waals surface area contributed by atoms with Gasteiger partial charge in [-0.05, 0) is 58.5 Å². The highest BCUT2D eigenvalue weighted by Crippen LogP contribution is 2.20. The maximum absolute atomic E-state index is 12.3. The highest BCUT2D eigenvalue weighted by Gasteiger charge is 2.20. The van der Waals surface area contributed by atoms with Gasteiger partial charge >= 0.3 is 0 Å². The number of carbonyl (C=O) groups excluding carboxylic acids is 1. The van der Waals surface area contributed by atoms with Crippen LogP contribution >= 0.6 is 22.6 Å². The second-order valence-electron chi connectivity index (χ2n) is 4.97. The lowest BCUT2D eigenvalue weighted by Gasteiger charge is -2.13. The SMILES string of the molecule is CN(C)S(=O)(=O)c1ccc(I)c(C(=O)NCc2ccncc2)c1. The standard InChI is InChI=1S/C15H16IN3O3S/c1-19(2)23(21,22)12-3-4-14(16)13(9-12)15(20)18-10-11-5-7-17-8-6-11/h3-9H,10H2,1-2H3,(H,18,20). The molecule has 1 aromatic carbocycles. The molecule has 0 radical (unpaired) electrons. The van der Waals surface area contributed by atoms with E-state index < -0.39 is 10.0 Å².